The van der Waals surface area contributed by atoms with E-state index in [2.05, 4.69) is 0 Å². The predicted molar refractivity (Wildman–Crippen MR) is 65.8 cm³/mol. The van der Waals surface area contributed by atoms with E-state index in [1.54, 1.807) is 18.2 Å². The summed E-state index contributed by atoms with van der Waals surface area (Å²) in [7, 11) is 0. The number of aliphatic hydroxyl groups is 2. The Hall–Kier alpha value is -1.10. The van der Waals surface area contributed by atoms with Crippen molar-refractivity contribution in [1.29, 1.82) is 0 Å². The van der Waals surface area contributed by atoms with Gasteiger partial charge in [-0.3, -0.25) is 4.79 Å². The van der Waals surface area contributed by atoms with Crippen molar-refractivity contribution in [3.8, 4) is 0 Å². The van der Waals surface area contributed by atoms with Gasteiger partial charge in [0.05, 0.1) is 0 Å². The molecule has 1 fully saturated rings. The van der Waals surface area contributed by atoms with Crippen LogP contribution in [-0.2, 0) is 0 Å². The van der Waals surface area contributed by atoms with E-state index >= 15 is 0 Å². The zero-order valence-electron chi connectivity index (χ0n) is 9.04. The number of benzene rings is 1. The molecule has 3 nitrogen and oxygen atoms in total. The van der Waals surface area contributed by atoms with E-state index in [-0.39, 0.29) is 17.5 Å². The summed E-state index contributed by atoms with van der Waals surface area (Å²) in [6, 6.07) is 9.12. The van der Waals surface area contributed by atoms with Gasteiger partial charge in [-0.05, 0) is 6.08 Å². The minimum atomic E-state index is -1.76. The molecule has 0 radical (unpaired) electrons. The molecule has 88 valence electrons. The number of carbonyl (C=O) groups excluding carboxylic acids is 1. The van der Waals surface area contributed by atoms with Crippen molar-refractivity contribution >= 4 is 17.5 Å². The third kappa shape index (κ3) is 1.73. The molecule has 0 spiro atoms. The first-order valence-electron chi connectivity index (χ1n) is 5.46. The van der Waals surface area contributed by atoms with E-state index in [0.29, 0.717) is 5.56 Å². The van der Waals surface area contributed by atoms with Gasteiger partial charge in [-0.1, -0.05) is 36.4 Å². The zero-order valence-corrected chi connectivity index (χ0v) is 9.85. The number of thioether (sulfide) groups is 1. The lowest BCUT2D eigenvalue weighted by Gasteiger charge is -2.23. The molecule has 1 heterocycles. The van der Waals surface area contributed by atoms with E-state index in [9.17, 15) is 15.0 Å². The van der Waals surface area contributed by atoms with E-state index in [1.165, 1.54) is 17.8 Å². The maximum absolute atomic E-state index is 12.3. The lowest BCUT2D eigenvalue weighted by molar-refractivity contribution is -0.124. The number of fused-ring (bicyclic) bond motifs is 1. The molecule has 2 aliphatic rings. The fourth-order valence-electron chi connectivity index (χ4n) is 2.23. The molecule has 1 saturated heterocycles. The summed E-state index contributed by atoms with van der Waals surface area (Å²) in [4.78, 5) is 12.3. The molecule has 1 aliphatic heterocycles. The Morgan fingerprint density at radius 3 is 2.59 bits per heavy atom. The summed E-state index contributed by atoms with van der Waals surface area (Å²) in [6.07, 6.45) is 3.18. The minimum absolute atomic E-state index is 0.0183. The average Bonchev–Trinajstić information content (AvgIpc) is 3.02. The van der Waals surface area contributed by atoms with Crippen molar-refractivity contribution in [2.45, 2.75) is 22.2 Å². The molecule has 2 N–H and O–H groups in total. The summed E-state index contributed by atoms with van der Waals surface area (Å²) in [5.41, 5.74) is 0.676. The first kappa shape index (κ1) is 11.0. The smallest absolute Gasteiger partial charge is 0.183 e. The molecule has 0 aromatic heterocycles. The van der Waals surface area contributed by atoms with Crippen molar-refractivity contribution in [3.63, 3.8) is 0 Å². The summed E-state index contributed by atoms with van der Waals surface area (Å²) >= 11 is 1.50. The largest absolute Gasteiger partial charge is 0.362 e. The molecular formula is C13H12O3S. The molecule has 3 rings (SSSR count). The molecule has 0 saturated carbocycles. The maximum Gasteiger partial charge on any atom is 0.183 e. The Labute approximate surface area is 103 Å². The lowest BCUT2D eigenvalue weighted by Crippen LogP contribution is -2.37. The van der Waals surface area contributed by atoms with Crippen molar-refractivity contribution in [3.05, 3.63) is 48.0 Å². The molecule has 1 aromatic rings. The Bertz CT molecular complexity index is 495. The Kier molecular flexibility index (Phi) is 2.23. The lowest BCUT2D eigenvalue weighted by atomic mass is 9.86. The second kappa shape index (κ2) is 3.45. The van der Waals surface area contributed by atoms with Crippen LogP contribution in [0, 0.1) is 0 Å². The Morgan fingerprint density at radius 2 is 1.94 bits per heavy atom. The summed E-state index contributed by atoms with van der Waals surface area (Å²) < 4.78 is -0.559. The fourth-order valence-corrected chi connectivity index (χ4v) is 3.60. The number of rotatable bonds is 2. The van der Waals surface area contributed by atoms with Gasteiger partial charge in [-0.2, -0.15) is 0 Å². The van der Waals surface area contributed by atoms with Gasteiger partial charge in [0.2, 0.25) is 0 Å². The first-order chi connectivity index (χ1) is 8.04. The monoisotopic (exact) mass is 248 g/mol. The van der Waals surface area contributed by atoms with Crippen molar-refractivity contribution in [1.82, 2.24) is 0 Å². The molecule has 0 bridgehead atoms. The summed E-state index contributed by atoms with van der Waals surface area (Å²) in [5.74, 6) is -1.70. The van der Waals surface area contributed by atoms with Crippen LogP contribution in [0.3, 0.4) is 0 Å². The highest BCUT2D eigenvalue weighted by Gasteiger charge is 2.63. The highest BCUT2D eigenvalue weighted by Crippen LogP contribution is 2.61. The van der Waals surface area contributed by atoms with Gasteiger partial charge in [0.1, 0.15) is 4.75 Å². The Balaban J connectivity index is 1.91. The van der Waals surface area contributed by atoms with Crippen LogP contribution < -0.4 is 0 Å². The van der Waals surface area contributed by atoms with E-state index in [0.717, 1.165) is 0 Å². The van der Waals surface area contributed by atoms with Crippen LogP contribution in [0.1, 0.15) is 16.8 Å². The molecule has 4 heteroatoms. The number of carbonyl (C=O) groups is 1. The van der Waals surface area contributed by atoms with Gasteiger partial charge < -0.3 is 10.2 Å². The van der Waals surface area contributed by atoms with E-state index in [4.69, 9.17) is 0 Å². The molecule has 1 aromatic carbocycles. The van der Waals surface area contributed by atoms with Gasteiger partial charge in [0.15, 0.2) is 11.6 Å². The zero-order chi connectivity index (χ0) is 12.1. The summed E-state index contributed by atoms with van der Waals surface area (Å²) in [5, 5.41) is 18.9. The van der Waals surface area contributed by atoms with Crippen molar-refractivity contribution in [2.24, 2.45) is 0 Å². The molecular weight excluding hydrogens is 236 g/mol. The minimum Gasteiger partial charge on any atom is -0.362 e. The van der Waals surface area contributed by atoms with Gasteiger partial charge in [0.25, 0.3) is 0 Å². The van der Waals surface area contributed by atoms with Crippen LogP contribution in [-0.4, -0.2) is 31.8 Å². The number of Topliss-reactive ketones (excluding diaryl/α,β-unsaturated/α-hetero) is 1. The van der Waals surface area contributed by atoms with E-state index < -0.39 is 10.5 Å². The van der Waals surface area contributed by atoms with E-state index in [1.807, 2.05) is 18.2 Å². The van der Waals surface area contributed by atoms with Gasteiger partial charge in [0, 0.05) is 17.2 Å². The second-order valence-corrected chi connectivity index (χ2v) is 5.99. The molecule has 2 unspecified atom stereocenters. The first-order valence-corrected chi connectivity index (χ1v) is 6.34. The molecule has 17 heavy (non-hydrogen) atoms. The van der Waals surface area contributed by atoms with Crippen LogP contribution >= 0.6 is 11.8 Å². The highest BCUT2D eigenvalue weighted by atomic mass is 32.2. The predicted octanol–water partition coefficient (Wildman–Crippen LogP) is 1.36. The van der Waals surface area contributed by atoms with Gasteiger partial charge in [-0.15, -0.1) is 11.8 Å². The van der Waals surface area contributed by atoms with Crippen LogP contribution in [0.15, 0.2) is 42.5 Å². The van der Waals surface area contributed by atoms with Crippen molar-refractivity contribution in [2.75, 3.05) is 0 Å². The number of hydrogen-bond acceptors (Lipinski definition) is 4. The van der Waals surface area contributed by atoms with Gasteiger partial charge in [-0.25, -0.2) is 0 Å². The third-order valence-corrected chi connectivity index (χ3v) is 4.80. The SMILES string of the molecule is O=C(c1ccccc1)C12C=CC(O)(O)CC1S2. The van der Waals surface area contributed by atoms with Gasteiger partial charge >= 0.3 is 0 Å². The summed E-state index contributed by atoms with van der Waals surface area (Å²) in [6.45, 7) is 0. The highest BCUT2D eigenvalue weighted by molar-refractivity contribution is 8.10. The number of hydrogen-bond donors (Lipinski definition) is 2. The quantitative estimate of drug-likeness (QED) is 0.359. The molecule has 2 atom stereocenters. The van der Waals surface area contributed by atoms with Crippen LogP contribution in [0.4, 0.5) is 0 Å². The van der Waals surface area contributed by atoms with Crippen LogP contribution in [0.5, 0.6) is 0 Å². The van der Waals surface area contributed by atoms with Crippen LogP contribution in [0.2, 0.25) is 0 Å². The average molecular weight is 248 g/mol. The Morgan fingerprint density at radius 1 is 1.24 bits per heavy atom. The van der Waals surface area contributed by atoms with Crippen LogP contribution in [0.25, 0.3) is 0 Å². The standard InChI is InChI=1S/C13H12O3S/c14-11(9-4-2-1-3-5-9)13-7-6-12(15,16)8-10(13)17-13/h1-7,10,15-16H,8H2. The topological polar surface area (TPSA) is 57.5 Å². The fraction of sp³-hybridized carbons (Fsp3) is 0.308. The third-order valence-electron chi connectivity index (χ3n) is 3.23. The van der Waals surface area contributed by atoms with Crippen molar-refractivity contribution < 1.29 is 15.0 Å². The number of ketones is 1. The maximum atomic E-state index is 12.3. The second-order valence-electron chi connectivity index (χ2n) is 4.51. The molecule has 1 aliphatic carbocycles. The molecule has 0 amide bonds. The normalized spacial score (nSPS) is 32.9.